The van der Waals surface area contributed by atoms with E-state index in [1.54, 1.807) is 0 Å². The zero-order valence-corrected chi connectivity index (χ0v) is 8.86. The first-order valence-corrected chi connectivity index (χ1v) is 5.19. The molecule has 1 fully saturated rings. The number of H-pyrrole nitrogens is 1. The molecule has 0 bridgehead atoms. The fourth-order valence-electron chi connectivity index (χ4n) is 1.85. The molecular weight excluding hydrogens is 192 g/mol. The van der Waals surface area contributed by atoms with E-state index in [2.05, 4.69) is 10.2 Å². The van der Waals surface area contributed by atoms with Crippen molar-refractivity contribution < 1.29 is 4.79 Å². The molecule has 2 heterocycles. The molecule has 0 saturated carbocycles. The van der Waals surface area contributed by atoms with E-state index >= 15 is 0 Å². The topological polar surface area (TPSA) is 75.0 Å². The second kappa shape index (κ2) is 4.02. The zero-order chi connectivity index (χ0) is 10.8. The van der Waals surface area contributed by atoms with Crippen LogP contribution in [0.15, 0.2) is 6.07 Å². The van der Waals surface area contributed by atoms with E-state index in [0.717, 1.165) is 24.4 Å². The third-order valence-electron chi connectivity index (χ3n) is 2.67. The molecule has 0 aromatic carbocycles. The van der Waals surface area contributed by atoms with E-state index < -0.39 is 0 Å². The highest BCUT2D eigenvalue weighted by molar-refractivity contribution is 5.78. The Balaban J connectivity index is 1.92. The second-order valence-corrected chi connectivity index (χ2v) is 4.11. The van der Waals surface area contributed by atoms with Gasteiger partial charge in [-0.15, -0.1) is 0 Å². The largest absolute Gasteiger partial charge is 0.341 e. The van der Waals surface area contributed by atoms with Crippen molar-refractivity contribution in [1.82, 2.24) is 15.1 Å². The Morgan fingerprint density at radius 1 is 1.80 bits per heavy atom. The van der Waals surface area contributed by atoms with E-state index in [0.29, 0.717) is 13.0 Å². The maximum atomic E-state index is 11.8. The van der Waals surface area contributed by atoms with Crippen molar-refractivity contribution in [2.45, 2.75) is 25.8 Å². The summed E-state index contributed by atoms with van der Waals surface area (Å²) in [4.78, 5) is 13.6. The number of rotatable bonds is 2. The number of aromatic amines is 1. The third kappa shape index (κ3) is 2.36. The Morgan fingerprint density at radius 2 is 2.60 bits per heavy atom. The molecule has 1 unspecified atom stereocenters. The lowest BCUT2D eigenvalue weighted by Crippen LogP contribution is -2.32. The Labute approximate surface area is 88.6 Å². The highest BCUT2D eigenvalue weighted by Crippen LogP contribution is 2.09. The Kier molecular flexibility index (Phi) is 2.73. The molecule has 1 aliphatic rings. The SMILES string of the molecule is Cc1cc(CC(=O)N2CCC(N)C2)n[nH]1. The van der Waals surface area contributed by atoms with Gasteiger partial charge in [0, 0.05) is 24.8 Å². The van der Waals surface area contributed by atoms with Crippen LogP contribution in [-0.4, -0.2) is 40.1 Å². The molecule has 1 saturated heterocycles. The number of hydrogen-bond donors (Lipinski definition) is 2. The molecule has 5 heteroatoms. The summed E-state index contributed by atoms with van der Waals surface area (Å²) >= 11 is 0. The molecular formula is C10H16N4O. The number of nitrogens with one attached hydrogen (secondary N) is 1. The van der Waals surface area contributed by atoms with Crippen LogP contribution in [0.2, 0.25) is 0 Å². The first-order chi connectivity index (χ1) is 7.15. The number of nitrogens with zero attached hydrogens (tertiary/aromatic N) is 2. The average molecular weight is 208 g/mol. The molecule has 1 amide bonds. The van der Waals surface area contributed by atoms with Gasteiger partial charge in [-0.1, -0.05) is 0 Å². The fraction of sp³-hybridized carbons (Fsp3) is 0.600. The number of nitrogens with two attached hydrogens (primary N) is 1. The molecule has 1 aromatic heterocycles. The summed E-state index contributed by atoms with van der Waals surface area (Å²) in [6.45, 7) is 3.39. The van der Waals surface area contributed by atoms with Crippen molar-refractivity contribution in [3.05, 3.63) is 17.5 Å². The molecule has 15 heavy (non-hydrogen) atoms. The third-order valence-corrected chi connectivity index (χ3v) is 2.67. The summed E-state index contributed by atoms with van der Waals surface area (Å²) in [5.41, 5.74) is 7.53. The van der Waals surface area contributed by atoms with Crippen LogP contribution >= 0.6 is 0 Å². The Bertz CT molecular complexity index is 360. The molecule has 2 rings (SSSR count). The molecule has 5 nitrogen and oxygen atoms in total. The van der Waals surface area contributed by atoms with Gasteiger partial charge >= 0.3 is 0 Å². The standard InChI is InChI=1S/C10H16N4O/c1-7-4-9(13-12-7)5-10(15)14-3-2-8(11)6-14/h4,8H,2-3,5-6,11H2,1H3,(H,12,13). The van der Waals surface area contributed by atoms with E-state index in [-0.39, 0.29) is 11.9 Å². The predicted molar refractivity (Wildman–Crippen MR) is 56.2 cm³/mol. The number of carbonyl (C=O) groups is 1. The van der Waals surface area contributed by atoms with Crippen molar-refractivity contribution in [2.75, 3.05) is 13.1 Å². The van der Waals surface area contributed by atoms with Crippen molar-refractivity contribution in [3.63, 3.8) is 0 Å². The minimum atomic E-state index is 0.120. The molecule has 0 radical (unpaired) electrons. The van der Waals surface area contributed by atoms with Crippen LogP contribution in [0.3, 0.4) is 0 Å². The van der Waals surface area contributed by atoms with Gasteiger partial charge in [-0.25, -0.2) is 0 Å². The smallest absolute Gasteiger partial charge is 0.228 e. The van der Waals surface area contributed by atoms with Gasteiger partial charge in [0.05, 0.1) is 12.1 Å². The maximum absolute atomic E-state index is 11.8. The van der Waals surface area contributed by atoms with Gasteiger partial charge in [0.15, 0.2) is 0 Å². The summed E-state index contributed by atoms with van der Waals surface area (Å²) in [5.74, 6) is 0.120. The lowest BCUT2D eigenvalue weighted by atomic mass is 10.2. The van der Waals surface area contributed by atoms with Gasteiger partial charge in [0.25, 0.3) is 0 Å². The van der Waals surface area contributed by atoms with Crippen LogP contribution in [0.25, 0.3) is 0 Å². The number of amides is 1. The van der Waals surface area contributed by atoms with Crippen molar-refractivity contribution in [1.29, 1.82) is 0 Å². The van der Waals surface area contributed by atoms with Gasteiger partial charge in [0.1, 0.15) is 0 Å². The number of likely N-dealkylation sites (tertiary alicyclic amines) is 1. The molecule has 82 valence electrons. The van der Waals surface area contributed by atoms with Crippen LogP contribution in [0.5, 0.6) is 0 Å². The van der Waals surface area contributed by atoms with E-state index in [4.69, 9.17) is 5.73 Å². The van der Waals surface area contributed by atoms with Gasteiger partial charge in [-0.3, -0.25) is 9.89 Å². The van der Waals surface area contributed by atoms with Gasteiger partial charge in [-0.05, 0) is 19.4 Å². The van der Waals surface area contributed by atoms with Crippen LogP contribution in [0, 0.1) is 6.92 Å². The number of hydrogen-bond acceptors (Lipinski definition) is 3. The van der Waals surface area contributed by atoms with Gasteiger partial charge in [-0.2, -0.15) is 5.10 Å². The summed E-state index contributed by atoms with van der Waals surface area (Å²) in [6, 6.07) is 2.04. The number of carbonyl (C=O) groups excluding carboxylic acids is 1. The van der Waals surface area contributed by atoms with E-state index in [1.165, 1.54) is 0 Å². The predicted octanol–water partition coefficient (Wildman–Crippen LogP) is -0.180. The second-order valence-electron chi connectivity index (χ2n) is 4.11. The number of aryl methyl sites for hydroxylation is 1. The van der Waals surface area contributed by atoms with Crippen molar-refractivity contribution in [3.8, 4) is 0 Å². The summed E-state index contributed by atoms with van der Waals surface area (Å²) < 4.78 is 0. The monoisotopic (exact) mass is 208 g/mol. The molecule has 1 aliphatic heterocycles. The van der Waals surface area contributed by atoms with Gasteiger partial charge in [0.2, 0.25) is 5.91 Å². The summed E-state index contributed by atoms with van der Waals surface area (Å²) in [6.07, 6.45) is 1.28. The highest BCUT2D eigenvalue weighted by atomic mass is 16.2. The lowest BCUT2D eigenvalue weighted by molar-refractivity contribution is -0.129. The summed E-state index contributed by atoms with van der Waals surface area (Å²) in [7, 11) is 0. The minimum Gasteiger partial charge on any atom is -0.341 e. The Hall–Kier alpha value is -1.36. The molecule has 3 N–H and O–H groups in total. The fourth-order valence-corrected chi connectivity index (χ4v) is 1.85. The van der Waals surface area contributed by atoms with Crippen molar-refractivity contribution in [2.24, 2.45) is 5.73 Å². The summed E-state index contributed by atoms with van der Waals surface area (Å²) in [5, 5.41) is 6.87. The lowest BCUT2D eigenvalue weighted by Gasteiger charge is -2.14. The Morgan fingerprint density at radius 3 is 3.13 bits per heavy atom. The zero-order valence-electron chi connectivity index (χ0n) is 8.86. The normalized spacial score (nSPS) is 20.9. The van der Waals surface area contributed by atoms with E-state index in [9.17, 15) is 4.79 Å². The van der Waals surface area contributed by atoms with Crippen LogP contribution < -0.4 is 5.73 Å². The maximum Gasteiger partial charge on any atom is 0.228 e. The minimum absolute atomic E-state index is 0.120. The van der Waals surface area contributed by atoms with E-state index in [1.807, 2.05) is 17.9 Å². The van der Waals surface area contributed by atoms with Crippen LogP contribution in [-0.2, 0) is 11.2 Å². The number of aromatic nitrogens is 2. The first-order valence-electron chi connectivity index (χ1n) is 5.19. The van der Waals surface area contributed by atoms with Crippen LogP contribution in [0.1, 0.15) is 17.8 Å². The van der Waals surface area contributed by atoms with Crippen molar-refractivity contribution >= 4 is 5.91 Å². The molecule has 0 aliphatic carbocycles. The molecule has 1 aromatic rings. The van der Waals surface area contributed by atoms with Crippen LogP contribution in [0.4, 0.5) is 0 Å². The quantitative estimate of drug-likeness (QED) is 0.708. The molecule has 1 atom stereocenters. The average Bonchev–Trinajstić information content (AvgIpc) is 2.75. The highest BCUT2D eigenvalue weighted by Gasteiger charge is 2.23. The van der Waals surface area contributed by atoms with Gasteiger partial charge < -0.3 is 10.6 Å². The molecule has 0 spiro atoms. The first kappa shape index (κ1) is 10.2.